The third-order valence-electron chi connectivity index (χ3n) is 4.09. The Morgan fingerprint density at radius 2 is 1.79 bits per heavy atom. The first-order valence-electron chi connectivity index (χ1n) is 8.49. The van der Waals surface area contributed by atoms with Gasteiger partial charge in [0.15, 0.2) is 5.78 Å². The molecule has 2 heterocycles. The molecule has 0 aliphatic rings. The Bertz CT molecular complexity index is 1010. The number of hydrogen-bond donors (Lipinski definition) is 3. The molecule has 0 saturated carbocycles. The summed E-state index contributed by atoms with van der Waals surface area (Å²) in [5, 5.41) is 16.7. The van der Waals surface area contributed by atoms with E-state index in [0.717, 1.165) is 27.9 Å². The lowest BCUT2D eigenvalue weighted by molar-refractivity contribution is -0.134. The molecule has 8 heteroatoms. The van der Waals surface area contributed by atoms with Crippen molar-refractivity contribution in [3.8, 4) is 0 Å². The Morgan fingerprint density at radius 3 is 2.36 bits per heavy atom. The Kier molecular flexibility index (Phi) is 6.86. The molecule has 8 nitrogen and oxygen atoms in total. The SMILES string of the molecule is Cc1[nH]cnc1CCC(=O)c1cn(C)c2ccccc12.O=C(O)/C=C\C(=O)O. The fourth-order valence-corrected chi connectivity index (χ4v) is 2.71. The quantitative estimate of drug-likeness (QED) is 0.444. The number of para-hydroxylation sites is 1. The van der Waals surface area contributed by atoms with Gasteiger partial charge in [0.2, 0.25) is 0 Å². The maximum Gasteiger partial charge on any atom is 0.328 e. The van der Waals surface area contributed by atoms with Gasteiger partial charge < -0.3 is 19.8 Å². The van der Waals surface area contributed by atoms with Crippen molar-refractivity contribution in [1.82, 2.24) is 14.5 Å². The second-order valence-corrected chi connectivity index (χ2v) is 6.08. The van der Waals surface area contributed by atoms with Gasteiger partial charge in [0.05, 0.1) is 12.0 Å². The Morgan fingerprint density at radius 1 is 1.14 bits per heavy atom. The topological polar surface area (TPSA) is 125 Å². The molecule has 0 saturated heterocycles. The highest BCUT2D eigenvalue weighted by molar-refractivity contribution is 6.08. The van der Waals surface area contributed by atoms with Crippen LogP contribution in [-0.2, 0) is 23.1 Å². The molecular weight excluding hydrogens is 362 g/mol. The molecule has 0 spiro atoms. The Balaban J connectivity index is 0.000000300. The number of ketones is 1. The lowest BCUT2D eigenvalue weighted by atomic mass is 10.0. The number of aromatic nitrogens is 3. The molecule has 0 bridgehead atoms. The largest absolute Gasteiger partial charge is 0.478 e. The van der Waals surface area contributed by atoms with E-state index in [9.17, 15) is 14.4 Å². The molecule has 1 aromatic carbocycles. The predicted octanol–water partition coefficient (Wildman–Crippen LogP) is 2.74. The first-order valence-corrected chi connectivity index (χ1v) is 8.49. The average molecular weight is 383 g/mol. The van der Waals surface area contributed by atoms with Gasteiger partial charge in [0.1, 0.15) is 0 Å². The van der Waals surface area contributed by atoms with E-state index in [1.165, 1.54) is 0 Å². The number of imidazole rings is 1. The molecule has 0 amide bonds. The maximum absolute atomic E-state index is 12.4. The number of Topliss-reactive ketones (excluding diaryl/α,β-unsaturated/α-hetero) is 1. The minimum absolute atomic E-state index is 0.171. The number of nitrogens with one attached hydrogen (secondary N) is 1. The molecule has 0 atom stereocenters. The normalized spacial score (nSPS) is 10.6. The van der Waals surface area contributed by atoms with Crippen LogP contribution in [0.2, 0.25) is 0 Å². The van der Waals surface area contributed by atoms with E-state index in [2.05, 4.69) is 9.97 Å². The molecule has 0 unspecified atom stereocenters. The van der Waals surface area contributed by atoms with Crippen LogP contribution in [0.5, 0.6) is 0 Å². The summed E-state index contributed by atoms with van der Waals surface area (Å²) in [4.78, 5) is 38.8. The standard InChI is InChI=1S/C16H17N3O.C4H4O4/c1-11-14(18-10-17-11)7-8-16(20)13-9-19(2)15-6-4-3-5-12(13)15;5-3(6)1-2-4(7)8/h3-6,9-10H,7-8H2,1-2H3,(H,17,18);1-2H,(H,5,6)(H,7,8)/b;2-1-. The van der Waals surface area contributed by atoms with Crippen LogP contribution in [0.3, 0.4) is 0 Å². The van der Waals surface area contributed by atoms with E-state index >= 15 is 0 Å². The maximum atomic E-state index is 12.4. The summed E-state index contributed by atoms with van der Waals surface area (Å²) in [5.41, 5.74) is 3.90. The van der Waals surface area contributed by atoms with Gasteiger partial charge in [-0.15, -0.1) is 0 Å². The van der Waals surface area contributed by atoms with Gasteiger partial charge in [-0.3, -0.25) is 4.79 Å². The van der Waals surface area contributed by atoms with Crippen LogP contribution < -0.4 is 0 Å². The third kappa shape index (κ3) is 5.41. The lowest BCUT2D eigenvalue weighted by Gasteiger charge is -1.99. The van der Waals surface area contributed by atoms with Crippen molar-refractivity contribution >= 4 is 28.6 Å². The van der Waals surface area contributed by atoms with Gasteiger partial charge in [0.25, 0.3) is 0 Å². The zero-order chi connectivity index (χ0) is 20.7. The number of nitrogens with zero attached hydrogens (tertiary/aromatic N) is 2. The van der Waals surface area contributed by atoms with E-state index in [4.69, 9.17) is 10.2 Å². The predicted molar refractivity (Wildman–Crippen MR) is 103 cm³/mol. The number of aromatic amines is 1. The highest BCUT2D eigenvalue weighted by Crippen LogP contribution is 2.22. The summed E-state index contributed by atoms with van der Waals surface area (Å²) in [6, 6.07) is 7.99. The van der Waals surface area contributed by atoms with Gasteiger partial charge in [-0.1, -0.05) is 18.2 Å². The minimum atomic E-state index is -1.26. The number of rotatable bonds is 6. The van der Waals surface area contributed by atoms with E-state index in [1.54, 1.807) is 6.33 Å². The Hall–Kier alpha value is -3.68. The minimum Gasteiger partial charge on any atom is -0.478 e. The summed E-state index contributed by atoms with van der Waals surface area (Å²) in [5.74, 6) is -2.34. The second kappa shape index (κ2) is 9.31. The van der Waals surface area contributed by atoms with Gasteiger partial charge in [-0.05, 0) is 19.4 Å². The van der Waals surface area contributed by atoms with Crippen LogP contribution in [0.25, 0.3) is 10.9 Å². The van der Waals surface area contributed by atoms with Crippen LogP contribution in [0, 0.1) is 6.92 Å². The smallest absolute Gasteiger partial charge is 0.328 e. The molecule has 0 fully saturated rings. The van der Waals surface area contributed by atoms with Gasteiger partial charge in [-0.25, -0.2) is 14.6 Å². The van der Waals surface area contributed by atoms with E-state index in [-0.39, 0.29) is 5.78 Å². The molecule has 3 N–H and O–H groups in total. The molecule has 3 rings (SSSR count). The molecule has 0 aliphatic carbocycles. The summed E-state index contributed by atoms with van der Waals surface area (Å²) >= 11 is 0. The summed E-state index contributed by atoms with van der Waals surface area (Å²) < 4.78 is 2.00. The molecule has 2 aromatic heterocycles. The number of hydrogen-bond acceptors (Lipinski definition) is 4. The molecule has 28 heavy (non-hydrogen) atoms. The number of carboxylic acids is 2. The van der Waals surface area contributed by atoms with Crippen LogP contribution in [0.4, 0.5) is 0 Å². The van der Waals surface area contributed by atoms with Crippen molar-refractivity contribution < 1.29 is 24.6 Å². The van der Waals surface area contributed by atoms with Gasteiger partial charge >= 0.3 is 11.9 Å². The number of aryl methyl sites for hydroxylation is 3. The van der Waals surface area contributed by atoms with Crippen molar-refractivity contribution in [2.75, 3.05) is 0 Å². The zero-order valence-electron chi connectivity index (χ0n) is 15.5. The second-order valence-electron chi connectivity index (χ2n) is 6.08. The van der Waals surface area contributed by atoms with Gasteiger partial charge in [0, 0.05) is 54.0 Å². The number of fused-ring (bicyclic) bond motifs is 1. The zero-order valence-corrected chi connectivity index (χ0v) is 15.5. The monoisotopic (exact) mass is 383 g/mol. The summed E-state index contributed by atoms with van der Waals surface area (Å²) in [7, 11) is 1.97. The Labute approximate surface area is 161 Å². The van der Waals surface area contributed by atoms with Crippen LogP contribution in [0.1, 0.15) is 28.2 Å². The molecular formula is C20H21N3O5. The van der Waals surface area contributed by atoms with Crippen molar-refractivity contribution in [3.63, 3.8) is 0 Å². The van der Waals surface area contributed by atoms with Crippen LogP contribution >= 0.6 is 0 Å². The molecule has 0 radical (unpaired) electrons. The first kappa shape index (κ1) is 20.6. The van der Waals surface area contributed by atoms with Gasteiger partial charge in [-0.2, -0.15) is 0 Å². The number of H-pyrrole nitrogens is 1. The number of carboxylic acid groups (broad SMARTS) is 2. The molecule has 0 aliphatic heterocycles. The van der Waals surface area contributed by atoms with Crippen molar-refractivity contribution in [2.45, 2.75) is 19.8 Å². The highest BCUT2D eigenvalue weighted by atomic mass is 16.4. The summed E-state index contributed by atoms with van der Waals surface area (Å²) in [6.07, 6.45) is 5.87. The number of aliphatic carboxylic acids is 2. The molecule has 146 valence electrons. The highest BCUT2D eigenvalue weighted by Gasteiger charge is 2.14. The van der Waals surface area contributed by atoms with E-state index in [1.807, 2.05) is 49.0 Å². The fourth-order valence-electron chi connectivity index (χ4n) is 2.71. The third-order valence-corrected chi connectivity index (χ3v) is 4.09. The first-order chi connectivity index (χ1) is 13.3. The number of benzene rings is 1. The van der Waals surface area contributed by atoms with Crippen molar-refractivity contribution in [2.24, 2.45) is 7.05 Å². The number of carbonyl (C=O) groups excluding carboxylic acids is 1. The van der Waals surface area contributed by atoms with Crippen molar-refractivity contribution in [3.05, 3.63) is 65.9 Å². The lowest BCUT2D eigenvalue weighted by Crippen LogP contribution is -2.01. The van der Waals surface area contributed by atoms with E-state index in [0.29, 0.717) is 25.0 Å². The summed E-state index contributed by atoms with van der Waals surface area (Å²) in [6.45, 7) is 1.98. The average Bonchev–Trinajstić information content (AvgIpc) is 3.22. The van der Waals surface area contributed by atoms with Crippen LogP contribution in [0.15, 0.2) is 48.9 Å². The van der Waals surface area contributed by atoms with Crippen LogP contribution in [-0.4, -0.2) is 42.5 Å². The van der Waals surface area contributed by atoms with E-state index < -0.39 is 11.9 Å². The fraction of sp³-hybridized carbons (Fsp3) is 0.200. The van der Waals surface area contributed by atoms with Crippen molar-refractivity contribution in [1.29, 1.82) is 0 Å². The molecule has 3 aromatic rings. The number of carbonyl (C=O) groups is 3.